The maximum absolute atomic E-state index is 9.80. The Hall–Kier alpha value is -2.68. The van der Waals surface area contributed by atoms with Gasteiger partial charge in [0, 0.05) is 0 Å². The number of allylic oxidation sites excluding steroid dienone is 1. The van der Waals surface area contributed by atoms with Crippen molar-refractivity contribution < 1.29 is 32.0 Å². The molecule has 3 nitrogen and oxygen atoms in total. The Morgan fingerprint density at radius 1 is 0.600 bits per heavy atom. The molecule has 0 heterocycles. The van der Waals surface area contributed by atoms with Crippen molar-refractivity contribution in [1.29, 1.82) is 0 Å². The number of rotatable bonds is 10. The van der Waals surface area contributed by atoms with Crippen LogP contribution in [0.5, 0.6) is 17.2 Å². The molecule has 10 radical (unpaired) electrons. The SMILES string of the molecule is CC/C(=C(\c1ccc(O)cc1)c1ccc(OCCCC[C]2[CH][CH][CH][CH]2)cc1)c1ccc(O)cc1.[CH]1[CH][CH][CH][CH]1.[Fe+2]. The van der Waals surface area contributed by atoms with E-state index >= 15 is 0 Å². The van der Waals surface area contributed by atoms with Crippen molar-refractivity contribution in [1.82, 2.24) is 0 Å². The molecule has 0 atom stereocenters. The van der Waals surface area contributed by atoms with Crippen LogP contribution in [0.3, 0.4) is 0 Å². The molecule has 40 heavy (non-hydrogen) atoms. The molecule has 0 saturated heterocycles. The summed E-state index contributed by atoms with van der Waals surface area (Å²) < 4.78 is 5.99. The van der Waals surface area contributed by atoms with E-state index < -0.39 is 0 Å². The largest absolute Gasteiger partial charge is 2.00 e. The van der Waals surface area contributed by atoms with Crippen molar-refractivity contribution in [3.63, 3.8) is 0 Å². The average molecular weight is 573 g/mol. The monoisotopic (exact) mass is 572 g/mol. The summed E-state index contributed by atoms with van der Waals surface area (Å²) in [5.74, 6) is 2.75. The van der Waals surface area contributed by atoms with Gasteiger partial charge in [-0.25, -0.2) is 0 Å². The Kier molecular flexibility index (Phi) is 13.7. The summed E-state index contributed by atoms with van der Waals surface area (Å²) in [6, 6.07) is 22.9. The minimum atomic E-state index is 0. The van der Waals surface area contributed by atoms with E-state index in [1.165, 1.54) is 11.5 Å². The molecule has 0 unspecified atom stereocenters. The van der Waals surface area contributed by atoms with Crippen LogP contribution in [0.25, 0.3) is 11.1 Å². The van der Waals surface area contributed by atoms with Crippen LogP contribution in [0.15, 0.2) is 72.8 Å². The molecule has 0 amide bonds. The Morgan fingerprint density at radius 2 is 1.07 bits per heavy atom. The standard InChI is InChI=1S/C31H31O3.C5H5.Fe/c1-2-30(24-10-16-27(32)17-11-24)31(25-12-18-28(33)19-13-25)26-14-20-29(21-15-26)34-22-6-5-9-23-7-3-4-8-23;1-2-4-5-3-1;/h3-4,7-8,10-21,32-33H,2,5-6,9,22H2,1H3;1-5H;/q;;+2/b31-30-;;. The zero-order valence-corrected chi connectivity index (χ0v) is 23.9. The average Bonchev–Trinajstić information content (AvgIpc) is 3.71. The minimum absolute atomic E-state index is 0. The van der Waals surface area contributed by atoms with Crippen LogP contribution < -0.4 is 4.74 Å². The predicted octanol–water partition coefficient (Wildman–Crippen LogP) is 8.44. The van der Waals surface area contributed by atoms with E-state index in [4.69, 9.17) is 4.74 Å². The first-order valence-electron chi connectivity index (χ1n) is 13.6. The Bertz CT molecular complexity index is 1130. The molecule has 4 heteroatoms. The van der Waals surface area contributed by atoms with Gasteiger partial charge in [0.25, 0.3) is 0 Å². The van der Waals surface area contributed by atoms with Crippen LogP contribution in [-0.4, -0.2) is 16.8 Å². The first-order chi connectivity index (χ1) is 19.1. The number of ether oxygens (including phenoxy) is 1. The molecule has 5 rings (SSSR count). The van der Waals surface area contributed by atoms with Crippen LogP contribution in [-0.2, 0) is 17.1 Å². The maximum atomic E-state index is 9.80. The van der Waals surface area contributed by atoms with Gasteiger partial charge in [-0.3, -0.25) is 0 Å². The molecule has 0 aliphatic heterocycles. The van der Waals surface area contributed by atoms with Gasteiger partial charge in [0.15, 0.2) is 0 Å². The van der Waals surface area contributed by atoms with Gasteiger partial charge in [-0.05, 0) is 154 Å². The van der Waals surface area contributed by atoms with Gasteiger partial charge < -0.3 is 14.9 Å². The number of benzene rings is 3. The summed E-state index contributed by atoms with van der Waals surface area (Å²) in [5.41, 5.74) is 5.46. The molecular formula is C36H36FeO3+2. The normalized spacial score (nSPS) is 15.5. The van der Waals surface area contributed by atoms with Crippen LogP contribution in [0.2, 0.25) is 0 Å². The third-order valence-electron chi connectivity index (χ3n) is 6.59. The fraction of sp³-hybridized carbons (Fsp3) is 0.167. The number of unbranched alkanes of at least 4 members (excludes halogenated alkanes) is 1. The number of aromatic hydroxyl groups is 2. The van der Waals surface area contributed by atoms with Crippen molar-refractivity contribution in [2.75, 3.05) is 6.61 Å². The molecule has 0 spiro atoms. The number of hydrogen-bond donors (Lipinski definition) is 2. The van der Waals surface area contributed by atoms with E-state index in [2.05, 4.69) is 44.7 Å². The van der Waals surface area contributed by atoms with Gasteiger partial charge in [0.2, 0.25) is 0 Å². The fourth-order valence-electron chi connectivity index (χ4n) is 4.57. The zero-order chi connectivity index (χ0) is 27.3. The van der Waals surface area contributed by atoms with Gasteiger partial charge in [0.05, 0.1) is 6.61 Å². The Morgan fingerprint density at radius 3 is 1.57 bits per heavy atom. The minimum Gasteiger partial charge on any atom is -0.508 e. The van der Waals surface area contributed by atoms with E-state index in [1.54, 1.807) is 24.3 Å². The van der Waals surface area contributed by atoms with Crippen molar-refractivity contribution >= 4 is 11.1 Å². The molecule has 2 fully saturated rings. The van der Waals surface area contributed by atoms with E-state index in [9.17, 15) is 10.2 Å². The summed E-state index contributed by atoms with van der Waals surface area (Å²) in [6.07, 6.45) is 22.5. The second-order valence-corrected chi connectivity index (χ2v) is 9.39. The quantitative estimate of drug-likeness (QED) is 0.146. The van der Waals surface area contributed by atoms with Crippen LogP contribution in [0.4, 0.5) is 0 Å². The molecule has 2 N–H and O–H groups in total. The second-order valence-electron chi connectivity index (χ2n) is 9.39. The molecule has 2 aliphatic rings. The van der Waals surface area contributed by atoms with Crippen molar-refractivity contribution in [3.8, 4) is 17.2 Å². The summed E-state index contributed by atoms with van der Waals surface area (Å²) in [7, 11) is 0. The number of hydrogen-bond acceptors (Lipinski definition) is 3. The molecule has 204 valence electrons. The first kappa shape index (κ1) is 31.8. The van der Waals surface area contributed by atoms with Crippen LogP contribution in [0, 0.1) is 63.7 Å². The second kappa shape index (κ2) is 17.2. The third kappa shape index (κ3) is 9.75. The van der Waals surface area contributed by atoms with Gasteiger partial charge in [0.1, 0.15) is 17.2 Å². The van der Waals surface area contributed by atoms with E-state index in [-0.39, 0.29) is 28.6 Å². The van der Waals surface area contributed by atoms with Crippen LogP contribution >= 0.6 is 0 Å². The van der Waals surface area contributed by atoms with Gasteiger partial charge >= 0.3 is 17.1 Å². The Labute approximate surface area is 252 Å². The summed E-state index contributed by atoms with van der Waals surface area (Å²) >= 11 is 0. The first-order valence-corrected chi connectivity index (χ1v) is 13.6. The molecular weight excluding hydrogens is 536 g/mol. The van der Waals surface area contributed by atoms with Gasteiger partial charge in [-0.2, -0.15) is 0 Å². The van der Waals surface area contributed by atoms with E-state index in [0.717, 1.165) is 53.7 Å². The van der Waals surface area contributed by atoms with Crippen molar-refractivity contribution in [2.24, 2.45) is 0 Å². The molecule has 3 aromatic carbocycles. The smallest absolute Gasteiger partial charge is 0.508 e. The molecule has 2 saturated carbocycles. The summed E-state index contributed by atoms with van der Waals surface area (Å²) in [5, 5.41) is 19.5. The van der Waals surface area contributed by atoms with Gasteiger partial charge in [-0.15, -0.1) is 0 Å². The predicted molar refractivity (Wildman–Crippen MR) is 160 cm³/mol. The molecule has 0 aromatic heterocycles. The van der Waals surface area contributed by atoms with Gasteiger partial charge in [-0.1, -0.05) is 43.3 Å². The number of phenolic OH excluding ortho intramolecular Hbond substituents is 2. The fourth-order valence-corrected chi connectivity index (χ4v) is 4.57. The van der Waals surface area contributed by atoms with Crippen molar-refractivity contribution in [3.05, 3.63) is 153 Å². The molecule has 2 aliphatic carbocycles. The summed E-state index contributed by atoms with van der Waals surface area (Å²) in [4.78, 5) is 0. The van der Waals surface area contributed by atoms with Crippen LogP contribution in [0.1, 0.15) is 49.3 Å². The maximum Gasteiger partial charge on any atom is 2.00 e. The zero-order valence-electron chi connectivity index (χ0n) is 22.8. The summed E-state index contributed by atoms with van der Waals surface area (Å²) in [6.45, 7) is 2.84. The molecule has 3 aromatic rings. The molecule has 0 bridgehead atoms. The van der Waals surface area contributed by atoms with Crippen molar-refractivity contribution in [2.45, 2.75) is 32.6 Å². The Balaban J connectivity index is 0.000000662. The third-order valence-corrected chi connectivity index (χ3v) is 6.59. The topological polar surface area (TPSA) is 49.7 Å². The number of phenols is 2. The van der Waals surface area contributed by atoms with E-state index in [1.807, 2.05) is 68.5 Å². The van der Waals surface area contributed by atoms with E-state index in [0.29, 0.717) is 6.61 Å².